The molecule has 162 valence electrons. The van der Waals surface area contributed by atoms with Gasteiger partial charge in [-0.25, -0.2) is 4.68 Å². The Labute approximate surface area is 185 Å². The van der Waals surface area contributed by atoms with Gasteiger partial charge in [0.2, 0.25) is 5.91 Å². The van der Waals surface area contributed by atoms with Gasteiger partial charge in [-0.1, -0.05) is 24.8 Å². The third-order valence-electron chi connectivity index (χ3n) is 6.00. The number of fused-ring (bicyclic) bond motifs is 3. The molecule has 5 rings (SSSR count). The normalized spacial score (nSPS) is 18.9. The molecule has 2 aliphatic heterocycles. The largest absolute Gasteiger partial charge is 0.457 e. The van der Waals surface area contributed by atoms with E-state index in [2.05, 4.69) is 11.9 Å². The van der Waals surface area contributed by atoms with Crippen LogP contribution < -0.4 is 15.8 Å². The number of ether oxygens (including phenoxy) is 1. The zero-order valence-electron chi connectivity index (χ0n) is 17.4. The Bertz CT molecular complexity index is 1190. The van der Waals surface area contributed by atoms with Crippen LogP contribution in [0, 0.1) is 5.92 Å². The molecule has 3 N–H and O–H groups in total. The molecule has 0 bridgehead atoms. The number of para-hydroxylation sites is 1. The molecule has 2 amide bonds. The van der Waals surface area contributed by atoms with Crippen LogP contribution in [0.1, 0.15) is 16.4 Å². The van der Waals surface area contributed by atoms with E-state index in [1.807, 2.05) is 59.3 Å². The van der Waals surface area contributed by atoms with Crippen molar-refractivity contribution < 1.29 is 14.3 Å². The van der Waals surface area contributed by atoms with E-state index in [0.717, 1.165) is 11.3 Å². The molecule has 0 radical (unpaired) electrons. The summed E-state index contributed by atoms with van der Waals surface area (Å²) < 4.78 is 7.67. The summed E-state index contributed by atoms with van der Waals surface area (Å²) in [4.78, 5) is 26.2. The molecule has 2 aromatic carbocycles. The van der Waals surface area contributed by atoms with Gasteiger partial charge in [-0.15, -0.1) is 0 Å². The number of hydrogen-bond donors (Lipinski definition) is 2. The van der Waals surface area contributed by atoms with Crippen molar-refractivity contribution in [3.05, 3.63) is 72.8 Å². The maximum Gasteiger partial charge on any atom is 0.254 e. The summed E-state index contributed by atoms with van der Waals surface area (Å²) in [5.74, 6) is 1.57. The first-order valence-corrected chi connectivity index (χ1v) is 10.5. The number of nitrogens with zero attached hydrogens (tertiary/aromatic N) is 3. The predicted molar refractivity (Wildman–Crippen MR) is 120 cm³/mol. The summed E-state index contributed by atoms with van der Waals surface area (Å²) in [5.41, 5.74) is 7.38. The standard InChI is InChI=1S/C24H23N5O3/c1-2-20(30)28-13-16-12-26-24-21(23(25)31)22(27-29(24)19(16)14-28)15-8-10-18(11-9-15)32-17-6-4-3-5-7-17/h2-11,16,19,26H,1,12-14H2,(H2,25,31)/t16-,19+/m1/s1. The number of nitrogens with one attached hydrogen (secondary N) is 1. The fourth-order valence-corrected chi connectivity index (χ4v) is 4.45. The highest BCUT2D eigenvalue weighted by atomic mass is 16.5. The molecule has 1 fully saturated rings. The predicted octanol–water partition coefficient (Wildman–Crippen LogP) is 3.05. The van der Waals surface area contributed by atoms with Gasteiger partial charge in [0.15, 0.2) is 0 Å². The number of hydrogen-bond acceptors (Lipinski definition) is 5. The van der Waals surface area contributed by atoms with E-state index in [0.29, 0.717) is 42.5 Å². The van der Waals surface area contributed by atoms with Gasteiger partial charge in [0.25, 0.3) is 5.91 Å². The summed E-state index contributed by atoms with van der Waals surface area (Å²) in [6, 6.07) is 16.9. The number of carbonyl (C=O) groups excluding carboxylic acids is 2. The number of benzene rings is 2. The number of rotatable bonds is 5. The number of carbonyl (C=O) groups is 2. The molecule has 1 aromatic heterocycles. The molecule has 8 heteroatoms. The van der Waals surface area contributed by atoms with Gasteiger partial charge in [-0.05, 0) is 42.5 Å². The van der Waals surface area contributed by atoms with Gasteiger partial charge >= 0.3 is 0 Å². The SMILES string of the molecule is C=CC(=O)N1C[C@H]2CNc3c(C(N)=O)c(-c4ccc(Oc5ccccc5)cc4)nn3[C@H]2C1. The number of primary amides is 1. The lowest BCUT2D eigenvalue weighted by atomic mass is 10.0. The summed E-state index contributed by atoms with van der Waals surface area (Å²) >= 11 is 0. The minimum Gasteiger partial charge on any atom is -0.457 e. The van der Waals surface area contributed by atoms with Gasteiger partial charge in [0, 0.05) is 31.1 Å². The zero-order chi connectivity index (χ0) is 22.2. The van der Waals surface area contributed by atoms with E-state index in [4.69, 9.17) is 15.6 Å². The van der Waals surface area contributed by atoms with Gasteiger partial charge < -0.3 is 20.7 Å². The Morgan fingerprint density at radius 2 is 1.81 bits per heavy atom. The molecule has 32 heavy (non-hydrogen) atoms. The Morgan fingerprint density at radius 1 is 1.09 bits per heavy atom. The molecule has 2 aliphatic rings. The van der Waals surface area contributed by atoms with Gasteiger partial charge in [-0.3, -0.25) is 9.59 Å². The van der Waals surface area contributed by atoms with Crippen LogP contribution in [0.2, 0.25) is 0 Å². The average molecular weight is 429 g/mol. The highest BCUT2D eigenvalue weighted by molar-refractivity contribution is 6.04. The van der Waals surface area contributed by atoms with E-state index in [9.17, 15) is 9.59 Å². The summed E-state index contributed by atoms with van der Waals surface area (Å²) in [6.07, 6.45) is 1.33. The van der Waals surface area contributed by atoms with Crippen LogP contribution in [-0.2, 0) is 4.79 Å². The molecular weight excluding hydrogens is 406 g/mol. The van der Waals surface area contributed by atoms with Gasteiger partial charge in [-0.2, -0.15) is 5.10 Å². The molecule has 2 atom stereocenters. The van der Waals surface area contributed by atoms with E-state index >= 15 is 0 Å². The minimum absolute atomic E-state index is 0.0253. The lowest BCUT2D eigenvalue weighted by Gasteiger charge is -2.27. The van der Waals surface area contributed by atoms with Crippen LogP contribution in [0.25, 0.3) is 11.3 Å². The molecule has 0 saturated carbocycles. The summed E-state index contributed by atoms with van der Waals surface area (Å²) in [5, 5.41) is 8.07. The van der Waals surface area contributed by atoms with Crippen LogP contribution >= 0.6 is 0 Å². The minimum atomic E-state index is -0.547. The maximum absolute atomic E-state index is 12.4. The van der Waals surface area contributed by atoms with Gasteiger partial charge in [0.05, 0.1) is 6.04 Å². The number of anilines is 1. The molecule has 0 aliphatic carbocycles. The summed E-state index contributed by atoms with van der Waals surface area (Å²) in [7, 11) is 0. The smallest absolute Gasteiger partial charge is 0.254 e. The zero-order valence-corrected chi connectivity index (χ0v) is 17.4. The molecule has 8 nitrogen and oxygen atoms in total. The van der Waals surface area contributed by atoms with Crippen molar-refractivity contribution in [2.24, 2.45) is 11.7 Å². The number of likely N-dealkylation sites (tertiary alicyclic amines) is 1. The Balaban J connectivity index is 1.47. The number of nitrogens with two attached hydrogens (primary N) is 1. The first kappa shape index (κ1) is 19.9. The van der Waals surface area contributed by atoms with Crippen LogP contribution in [-0.4, -0.2) is 46.1 Å². The average Bonchev–Trinajstić information content (AvgIpc) is 3.41. The quantitative estimate of drug-likeness (QED) is 0.607. The first-order chi connectivity index (χ1) is 15.5. The Kier molecular flexibility index (Phi) is 4.89. The fraction of sp³-hybridized carbons (Fsp3) is 0.208. The second-order valence-corrected chi connectivity index (χ2v) is 7.98. The monoisotopic (exact) mass is 429 g/mol. The van der Waals surface area contributed by atoms with Crippen molar-refractivity contribution in [2.45, 2.75) is 6.04 Å². The maximum atomic E-state index is 12.4. The van der Waals surface area contributed by atoms with Crippen molar-refractivity contribution in [3.8, 4) is 22.8 Å². The molecule has 3 aromatic rings. The highest BCUT2D eigenvalue weighted by Crippen LogP contribution is 2.39. The lowest BCUT2D eigenvalue weighted by molar-refractivity contribution is -0.125. The topological polar surface area (TPSA) is 102 Å². The second kappa shape index (κ2) is 7.88. The molecule has 0 spiro atoms. The van der Waals surface area contributed by atoms with Crippen LogP contribution in [0.15, 0.2) is 67.3 Å². The van der Waals surface area contributed by atoms with E-state index in [1.165, 1.54) is 6.08 Å². The van der Waals surface area contributed by atoms with Crippen LogP contribution in [0.4, 0.5) is 5.82 Å². The Morgan fingerprint density at radius 3 is 2.50 bits per heavy atom. The lowest BCUT2D eigenvalue weighted by Crippen LogP contribution is -2.32. The molecule has 0 unspecified atom stereocenters. The second-order valence-electron chi connectivity index (χ2n) is 7.98. The number of aromatic nitrogens is 2. The van der Waals surface area contributed by atoms with Crippen molar-refractivity contribution in [2.75, 3.05) is 25.0 Å². The highest BCUT2D eigenvalue weighted by Gasteiger charge is 2.41. The van der Waals surface area contributed by atoms with E-state index in [1.54, 1.807) is 4.90 Å². The first-order valence-electron chi connectivity index (χ1n) is 10.5. The third kappa shape index (κ3) is 3.39. The van der Waals surface area contributed by atoms with E-state index in [-0.39, 0.29) is 17.9 Å². The fourth-order valence-electron chi connectivity index (χ4n) is 4.45. The van der Waals surface area contributed by atoms with Crippen molar-refractivity contribution >= 4 is 17.6 Å². The third-order valence-corrected chi connectivity index (χ3v) is 6.00. The van der Waals surface area contributed by atoms with Crippen molar-refractivity contribution in [3.63, 3.8) is 0 Å². The van der Waals surface area contributed by atoms with E-state index < -0.39 is 5.91 Å². The van der Waals surface area contributed by atoms with Crippen LogP contribution in [0.3, 0.4) is 0 Å². The Hall–Kier alpha value is -4.07. The van der Waals surface area contributed by atoms with Crippen molar-refractivity contribution in [1.82, 2.24) is 14.7 Å². The molecule has 3 heterocycles. The van der Waals surface area contributed by atoms with Crippen LogP contribution in [0.5, 0.6) is 11.5 Å². The molecular formula is C24H23N5O3. The number of amides is 2. The molecule has 1 saturated heterocycles. The van der Waals surface area contributed by atoms with Crippen molar-refractivity contribution in [1.29, 1.82) is 0 Å². The summed E-state index contributed by atoms with van der Waals surface area (Å²) in [6.45, 7) is 5.36. The van der Waals surface area contributed by atoms with Gasteiger partial charge in [0.1, 0.15) is 28.6 Å².